The molecule has 2 aliphatic rings. The fraction of sp³-hybridized carbons (Fsp3) is 1.00. The number of rotatable bonds is 4. The van der Waals surface area contributed by atoms with Crippen LogP contribution >= 0.6 is 0 Å². The standard InChI is InChI=1S/C14H26O3/c1-2-3-11-4-6-12(7-5-11)13-9-16-14(8-15)17-10-13/h11-15H,2-10H2,1H3. The van der Waals surface area contributed by atoms with Crippen LogP contribution in [0.15, 0.2) is 0 Å². The lowest BCUT2D eigenvalue weighted by Gasteiger charge is -2.37. The van der Waals surface area contributed by atoms with Crippen molar-refractivity contribution >= 4 is 0 Å². The molecular weight excluding hydrogens is 216 g/mol. The van der Waals surface area contributed by atoms with Gasteiger partial charge in [-0.1, -0.05) is 32.6 Å². The molecule has 0 spiro atoms. The number of aliphatic hydroxyl groups excluding tert-OH is 1. The van der Waals surface area contributed by atoms with Gasteiger partial charge in [-0.2, -0.15) is 0 Å². The summed E-state index contributed by atoms with van der Waals surface area (Å²) in [4.78, 5) is 0. The normalized spacial score (nSPS) is 39.2. The molecule has 0 bridgehead atoms. The van der Waals surface area contributed by atoms with Crippen LogP contribution in [0, 0.1) is 17.8 Å². The summed E-state index contributed by atoms with van der Waals surface area (Å²) in [6.07, 6.45) is 7.80. The van der Waals surface area contributed by atoms with Crippen molar-refractivity contribution < 1.29 is 14.6 Å². The molecule has 1 saturated carbocycles. The van der Waals surface area contributed by atoms with Crippen molar-refractivity contribution in [2.75, 3.05) is 19.8 Å². The maximum atomic E-state index is 8.93. The second-order valence-corrected chi connectivity index (χ2v) is 5.61. The lowest BCUT2D eigenvalue weighted by molar-refractivity contribution is -0.223. The van der Waals surface area contributed by atoms with Crippen molar-refractivity contribution in [1.29, 1.82) is 0 Å². The minimum absolute atomic E-state index is 0.0179. The molecule has 100 valence electrons. The molecule has 2 fully saturated rings. The van der Waals surface area contributed by atoms with Gasteiger partial charge in [0.05, 0.1) is 19.8 Å². The predicted octanol–water partition coefficient (Wildman–Crippen LogP) is 2.57. The smallest absolute Gasteiger partial charge is 0.180 e. The van der Waals surface area contributed by atoms with Gasteiger partial charge in [0.15, 0.2) is 6.29 Å². The Balaban J connectivity index is 1.70. The van der Waals surface area contributed by atoms with E-state index in [1.54, 1.807) is 0 Å². The first-order valence-electron chi connectivity index (χ1n) is 7.17. The van der Waals surface area contributed by atoms with Gasteiger partial charge in [0.25, 0.3) is 0 Å². The van der Waals surface area contributed by atoms with Crippen LogP contribution in [-0.4, -0.2) is 31.2 Å². The van der Waals surface area contributed by atoms with E-state index < -0.39 is 0 Å². The van der Waals surface area contributed by atoms with E-state index >= 15 is 0 Å². The highest BCUT2D eigenvalue weighted by atomic mass is 16.7. The van der Waals surface area contributed by atoms with Crippen LogP contribution in [0.4, 0.5) is 0 Å². The van der Waals surface area contributed by atoms with Gasteiger partial charge in [0.2, 0.25) is 0 Å². The molecule has 2 rings (SSSR count). The molecule has 0 unspecified atom stereocenters. The molecular formula is C14H26O3. The van der Waals surface area contributed by atoms with E-state index in [9.17, 15) is 0 Å². The summed E-state index contributed by atoms with van der Waals surface area (Å²) in [6.45, 7) is 3.81. The molecule has 3 heteroatoms. The topological polar surface area (TPSA) is 38.7 Å². The molecule has 0 aromatic rings. The third kappa shape index (κ3) is 3.67. The minimum Gasteiger partial charge on any atom is -0.391 e. The summed E-state index contributed by atoms with van der Waals surface area (Å²) in [5.41, 5.74) is 0. The van der Waals surface area contributed by atoms with E-state index in [-0.39, 0.29) is 12.9 Å². The molecule has 1 heterocycles. The zero-order chi connectivity index (χ0) is 12.1. The van der Waals surface area contributed by atoms with Crippen LogP contribution < -0.4 is 0 Å². The van der Waals surface area contributed by atoms with Crippen molar-refractivity contribution in [1.82, 2.24) is 0 Å². The third-order valence-electron chi connectivity index (χ3n) is 4.40. The Morgan fingerprint density at radius 2 is 1.65 bits per heavy atom. The minimum atomic E-state index is -0.373. The summed E-state index contributed by atoms with van der Waals surface area (Å²) in [5, 5.41) is 8.93. The van der Waals surface area contributed by atoms with Crippen molar-refractivity contribution in [3.63, 3.8) is 0 Å². The second kappa shape index (κ2) is 6.72. The van der Waals surface area contributed by atoms with Crippen LogP contribution in [0.25, 0.3) is 0 Å². The van der Waals surface area contributed by atoms with E-state index in [0.717, 1.165) is 25.0 Å². The molecule has 0 aromatic heterocycles. The number of hydrogen-bond donors (Lipinski definition) is 1. The van der Waals surface area contributed by atoms with Crippen molar-refractivity contribution in [3.05, 3.63) is 0 Å². The molecule has 1 saturated heterocycles. The Labute approximate surface area is 104 Å². The molecule has 3 nitrogen and oxygen atoms in total. The SMILES string of the molecule is CCCC1CCC(C2COC(CO)OC2)CC1. The molecule has 1 N–H and O–H groups in total. The number of aliphatic hydroxyl groups is 1. The zero-order valence-corrected chi connectivity index (χ0v) is 10.9. The van der Waals surface area contributed by atoms with Crippen molar-refractivity contribution in [2.45, 2.75) is 51.7 Å². The fourth-order valence-corrected chi connectivity index (χ4v) is 3.29. The Kier molecular flexibility index (Phi) is 5.26. The predicted molar refractivity (Wildman–Crippen MR) is 66.6 cm³/mol. The van der Waals surface area contributed by atoms with Gasteiger partial charge in [0.1, 0.15) is 0 Å². The van der Waals surface area contributed by atoms with Gasteiger partial charge in [-0.15, -0.1) is 0 Å². The van der Waals surface area contributed by atoms with E-state index in [2.05, 4.69) is 6.92 Å². The van der Waals surface area contributed by atoms with E-state index in [0.29, 0.717) is 5.92 Å². The molecule has 0 radical (unpaired) electrons. The largest absolute Gasteiger partial charge is 0.391 e. The second-order valence-electron chi connectivity index (χ2n) is 5.61. The molecule has 1 aliphatic carbocycles. The lowest BCUT2D eigenvalue weighted by atomic mass is 9.75. The zero-order valence-electron chi connectivity index (χ0n) is 10.9. The molecule has 0 amide bonds. The van der Waals surface area contributed by atoms with Crippen LogP contribution in [0.1, 0.15) is 45.4 Å². The molecule has 0 atom stereocenters. The average molecular weight is 242 g/mol. The van der Waals surface area contributed by atoms with Crippen LogP contribution in [0.3, 0.4) is 0 Å². The summed E-state index contributed by atoms with van der Waals surface area (Å²) in [6, 6.07) is 0. The highest BCUT2D eigenvalue weighted by Gasteiger charge is 2.31. The van der Waals surface area contributed by atoms with E-state index in [4.69, 9.17) is 14.6 Å². The summed E-state index contributed by atoms with van der Waals surface area (Å²) >= 11 is 0. The summed E-state index contributed by atoms with van der Waals surface area (Å²) in [5.74, 6) is 2.30. The Morgan fingerprint density at radius 3 is 2.18 bits per heavy atom. The monoisotopic (exact) mass is 242 g/mol. The Hall–Kier alpha value is -0.120. The Morgan fingerprint density at radius 1 is 1.00 bits per heavy atom. The maximum absolute atomic E-state index is 8.93. The average Bonchev–Trinajstić information content (AvgIpc) is 2.40. The van der Waals surface area contributed by atoms with Crippen LogP contribution in [0.2, 0.25) is 0 Å². The first-order chi connectivity index (χ1) is 8.33. The summed E-state index contributed by atoms with van der Waals surface area (Å²) in [7, 11) is 0. The van der Waals surface area contributed by atoms with Crippen LogP contribution in [-0.2, 0) is 9.47 Å². The van der Waals surface area contributed by atoms with Crippen molar-refractivity contribution in [2.24, 2.45) is 17.8 Å². The number of ether oxygens (including phenoxy) is 2. The third-order valence-corrected chi connectivity index (χ3v) is 4.40. The first kappa shape index (κ1) is 13.3. The van der Waals surface area contributed by atoms with Gasteiger partial charge < -0.3 is 14.6 Å². The maximum Gasteiger partial charge on any atom is 0.180 e. The fourth-order valence-electron chi connectivity index (χ4n) is 3.29. The number of hydrogen-bond acceptors (Lipinski definition) is 3. The highest BCUT2D eigenvalue weighted by Crippen LogP contribution is 2.36. The Bertz CT molecular complexity index is 204. The quantitative estimate of drug-likeness (QED) is 0.823. The molecule has 0 aromatic carbocycles. The lowest BCUT2D eigenvalue weighted by Crippen LogP contribution is -2.38. The van der Waals surface area contributed by atoms with E-state index in [1.165, 1.54) is 38.5 Å². The van der Waals surface area contributed by atoms with Gasteiger partial charge in [-0.25, -0.2) is 0 Å². The first-order valence-corrected chi connectivity index (χ1v) is 7.17. The van der Waals surface area contributed by atoms with Crippen molar-refractivity contribution in [3.8, 4) is 0 Å². The van der Waals surface area contributed by atoms with Gasteiger partial charge in [-0.3, -0.25) is 0 Å². The van der Waals surface area contributed by atoms with E-state index in [1.807, 2.05) is 0 Å². The molecule has 17 heavy (non-hydrogen) atoms. The van der Waals surface area contributed by atoms with Gasteiger partial charge >= 0.3 is 0 Å². The van der Waals surface area contributed by atoms with Crippen LogP contribution in [0.5, 0.6) is 0 Å². The highest BCUT2D eigenvalue weighted by molar-refractivity contribution is 4.79. The molecule has 1 aliphatic heterocycles. The summed E-state index contributed by atoms with van der Waals surface area (Å²) < 4.78 is 11.0. The van der Waals surface area contributed by atoms with Gasteiger partial charge in [-0.05, 0) is 24.7 Å². The van der Waals surface area contributed by atoms with Gasteiger partial charge in [0, 0.05) is 5.92 Å².